The Labute approximate surface area is 159 Å². The van der Waals surface area contributed by atoms with Crippen LogP contribution in [0.4, 0.5) is 0 Å². The summed E-state index contributed by atoms with van der Waals surface area (Å²) in [5.74, 6) is 0.0331. The minimum Gasteiger partial charge on any atom is -0.338 e. The van der Waals surface area contributed by atoms with Gasteiger partial charge in [-0.1, -0.05) is 38.1 Å². The van der Waals surface area contributed by atoms with Crippen LogP contribution in [0.1, 0.15) is 30.6 Å². The van der Waals surface area contributed by atoms with Gasteiger partial charge in [0.25, 0.3) is 5.91 Å². The van der Waals surface area contributed by atoms with Crippen LogP contribution in [-0.4, -0.2) is 39.9 Å². The van der Waals surface area contributed by atoms with Crippen molar-refractivity contribution in [1.29, 1.82) is 0 Å². The van der Waals surface area contributed by atoms with Crippen LogP contribution in [-0.2, 0) is 0 Å². The molecule has 4 rings (SSSR count). The SMILES string of the molecule is CC1(C)CN(C(=O)c2cc(-c3ccccn3)nc3ccccc23)CCC1N. The normalized spacial score (nSPS) is 19.2. The molecule has 0 radical (unpaired) electrons. The van der Waals surface area contributed by atoms with Gasteiger partial charge in [-0.15, -0.1) is 0 Å². The van der Waals surface area contributed by atoms with E-state index in [4.69, 9.17) is 10.7 Å². The number of pyridine rings is 2. The van der Waals surface area contributed by atoms with Crippen molar-refractivity contribution in [2.24, 2.45) is 11.1 Å². The van der Waals surface area contributed by atoms with Crippen molar-refractivity contribution in [2.75, 3.05) is 13.1 Å². The number of piperidine rings is 1. The predicted molar refractivity (Wildman–Crippen MR) is 107 cm³/mol. The minimum absolute atomic E-state index is 0.0331. The molecule has 27 heavy (non-hydrogen) atoms. The second-order valence-corrected chi connectivity index (χ2v) is 7.90. The summed E-state index contributed by atoms with van der Waals surface area (Å²) in [4.78, 5) is 24.5. The van der Waals surface area contributed by atoms with Gasteiger partial charge in [0, 0.05) is 30.7 Å². The van der Waals surface area contributed by atoms with E-state index in [0.29, 0.717) is 24.3 Å². The van der Waals surface area contributed by atoms with E-state index >= 15 is 0 Å². The van der Waals surface area contributed by atoms with Crippen molar-refractivity contribution < 1.29 is 4.79 Å². The average Bonchev–Trinajstić information content (AvgIpc) is 2.69. The molecule has 1 atom stereocenters. The summed E-state index contributed by atoms with van der Waals surface area (Å²) in [7, 11) is 0. The summed E-state index contributed by atoms with van der Waals surface area (Å²) < 4.78 is 0. The van der Waals surface area contributed by atoms with Gasteiger partial charge in [-0.05, 0) is 36.1 Å². The topological polar surface area (TPSA) is 72.1 Å². The van der Waals surface area contributed by atoms with Crippen molar-refractivity contribution in [3.05, 3.63) is 60.3 Å². The Hall–Kier alpha value is -2.79. The number of para-hydroxylation sites is 1. The third kappa shape index (κ3) is 3.30. The number of rotatable bonds is 2. The second-order valence-electron chi connectivity index (χ2n) is 7.90. The van der Waals surface area contributed by atoms with E-state index in [0.717, 1.165) is 23.0 Å². The van der Waals surface area contributed by atoms with E-state index < -0.39 is 0 Å². The van der Waals surface area contributed by atoms with Crippen LogP contribution in [0, 0.1) is 5.41 Å². The van der Waals surface area contributed by atoms with Crippen LogP contribution in [0.2, 0.25) is 0 Å². The van der Waals surface area contributed by atoms with Crippen LogP contribution >= 0.6 is 0 Å². The van der Waals surface area contributed by atoms with Gasteiger partial charge in [-0.3, -0.25) is 9.78 Å². The maximum atomic E-state index is 13.4. The number of carbonyl (C=O) groups is 1. The highest BCUT2D eigenvalue weighted by molar-refractivity contribution is 6.07. The summed E-state index contributed by atoms with van der Waals surface area (Å²) >= 11 is 0. The molecule has 1 saturated heterocycles. The summed E-state index contributed by atoms with van der Waals surface area (Å²) in [5, 5.41) is 0.870. The first-order chi connectivity index (χ1) is 13.0. The Balaban J connectivity index is 1.79. The van der Waals surface area contributed by atoms with Gasteiger partial charge in [0.15, 0.2) is 0 Å². The first kappa shape index (κ1) is 17.6. The fraction of sp³-hybridized carbons (Fsp3) is 0.318. The molecule has 3 heterocycles. The lowest BCUT2D eigenvalue weighted by atomic mass is 9.79. The molecule has 1 unspecified atom stereocenters. The molecular weight excluding hydrogens is 336 g/mol. The average molecular weight is 360 g/mol. The first-order valence-corrected chi connectivity index (χ1v) is 9.32. The number of fused-ring (bicyclic) bond motifs is 1. The number of benzene rings is 1. The number of likely N-dealkylation sites (tertiary alicyclic amines) is 1. The zero-order valence-electron chi connectivity index (χ0n) is 15.7. The van der Waals surface area contributed by atoms with Gasteiger partial charge >= 0.3 is 0 Å². The summed E-state index contributed by atoms with van der Waals surface area (Å²) in [6, 6.07) is 15.5. The Morgan fingerprint density at radius 1 is 1.15 bits per heavy atom. The highest BCUT2D eigenvalue weighted by atomic mass is 16.2. The molecule has 1 aliphatic rings. The van der Waals surface area contributed by atoms with Gasteiger partial charge < -0.3 is 10.6 Å². The van der Waals surface area contributed by atoms with E-state index in [1.165, 1.54) is 0 Å². The number of carbonyl (C=O) groups excluding carboxylic acids is 1. The Kier molecular flexibility index (Phi) is 4.40. The van der Waals surface area contributed by atoms with Crippen molar-refractivity contribution in [1.82, 2.24) is 14.9 Å². The maximum absolute atomic E-state index is 13.4. The van der Waals surface area contributed by atoms with Gasteiger partial charge in [0.05, 0.1) is 22.5 Å². The third-order valence-corrected chi connectivity index (χ3v) is 5.47. The number of amides is 1. The van der Waals surface area contributed by atoms with Crippen molar-refractivity contribution in [3.8, 4) is 11.4 Å². The van der Waals surface area contributed by atoms with Crippen molar-refractivity contribution in [2.45, 2.75) is 26.3 Å². The smallest absolute Gasteiger partial charge is 0.254 e. The second kappa shape index (κ2) is 6.74. The molecular formula is C22H24N4O. The fourth-order valence-electron chi connectivity index (χ4n) is 3.72. The molecule has 0 bridgehead atoms. The molecule has 0 spiro atoms. The van der Waals surface area contributed by atoms with Crippen LogP contribution in [0.5, 0.6) is 0 Å². The highest BCUT2D eigenvalue weighted by Gasteiger charge is 2.36. The number of nitrogens with two attached hydrogens (primary N) is 1. The monoisotopic (exact) mass is 360 g/mol. The lowest BCUT2D eigenvalue weighted by Gasteiger charge is -2.42. The summed E-state index contributed by atoms with van der Waals surface area (Å²) in [5.41, 5.74) is 9.10. The third-order valence-electron chi connectivity index (χ3n) is 5.47. The van der Waals surface area contributed by atoms with E-state index in [-0.39, 0.29) is 17.4 Å². The molecule has 1 aromatic carbocycles. The Morgan fingerprint density at radius 2 is 1.93 bits per heavy atom. The minimum atomic E-state index is -0.0967. The van der Waals surface area contributed by atoms with Gasteiger partial charge in [0.2, 0.25) is 0 Å². The zero-order valence-corrected chi connectivity index (χ0v) is 15.7. The number of hydrogen-bond acceptors (Lipinski definition) is 4. The number of hydrogen-bond donors (Lipinski definition) is 1. The molecule has 138 valence electrons. The van der Waals surface area contributed by atoms with Crippen LogP contribution in [0.15, 0.2) is 54.7 Å². The Morgan fingerprint density at radius 3 is 2.67 bits per heavy atom. The lowest BCUT2D eigenvalue weighted by Crippen LogP contribution is -2.54. The molecule has 3 aromatic rings. The molecule has 5 heteroatoms. The van der Waals surface area contributed by atoms with E-state index in [1.54, 1.807) is 6.20 Å². The van der Waals surface area contributed by atoms with Crippen molar-refractivity contribution in [3.63, 3.8) is 0 Å². The van der Waals surface area contributed by atoms with Crippen LogP contribution in [0.3, 0.4) is 0 Å². The predicted octanol–water partition coefficient (Wildman–Crippen LogP) is 3.50. The molecule has 2 N–H and O–H groups in total. The zero-order chi connectivity index (χ0) is 19.0. The van der Waals surface area contributed by atoms with Gasteiger partial charge in [0.1, 0.15) is 0 Å². The van der Waals surface area contributed by atoms with Gasteiger partial charge in [-0.2, -0.15) is 0 Å². The fourth-order valence-corrected chi connectivity index (χ4v) is 3.72. The van der Waals surface area contributed by atoms with Crippen LogP contribution in [0.25, 0.3) is 22.3 Å². The maximum Gasteiger partial charge on any atom is 0.254 e. The van der Waals surface area contributed by atoms with E-state index in [2.05, 4.69) is 18.8 Å². The molecule has 1 fully saturated rings. The molecule has 0 aliphatic carbocycles. The summed E-state index contributed by atoms with van der Waals surface area (Å²) in [6.45, 7) is 5.59. The summed E-state index contributed by atoms with van der Waals surface area (Å²) in [6.07, 6.45) is 2.55. The quantitative estimate of drug-likeness (QED) is 0.759. The molecule has 1 aliphatic heterocycles. The number of nitrogens with zero attached hydrogens (tertiary/aromatic N) is 3. The lowest BCUT2D eigenvalue weighted by molar-refractivity contribution is 0.0535. The van der Waals surface area contributed by atoms with E-state index in [9.17, 15) is 4.79 Å². The van der Waals surface area contributed by atoms with E-state index in [1.807, 2.05) is 53.4 Å². The largest absolute Gasteiger partial charge is 0.338 e. The first-order valence-electron chi connectivity index (χ1n) is 9.32. The Bertz CT molecular complexity index is 984. The number of aromatic nitrogens is 2. The molecule has 0 saturated carbocycles. The standard InChI is InChI=1S/C22H24N4O/c1-22(2)14-26(12-10-20(22)23)21(27)16-13-19(18-9-5-6-11-24-18)25-17-8-4-3-7-15(16)17/h3-9,11,13,20H,10,12,14,23H2,1-2H3. The molecule has 5 nitrogen and oxygen atoms in total. The van der Waals surface area contributed by atoms with Gasteiger partial charge in [-0.25, -0.2) is 4.98 Å². The van der Waals surface area contributed by atoms with Crippen molar-refractivity contribution >= 4 is 16.8 Å². The van der Waals surface area contributed by atoms with Crippen LogP contribution < -0.4 is 5.73 Å². The highest BCUT2D eigenvalue weighted by Crippen LogP contribution is 2.30. The molecule has 2 aromatic heterocycles. The molecule has 1 amide bonds.